The quantitative estimate of drug-likeness (QED) is 0.507. The van der Waals surface area contributed by atoms with Crippen LogP contribution < -0.4 is 25.3 Å². The number of halogens is 1. The zero-order valence-electron chi connectivity index (χ0n) is 15.9. The van der Waals surface area contributed by atoms with E-state index in [9.17, 15) is 0 Å². The Kier molecular flexibility index (Phi) is 8.07. The summed E-state index contributed by atoms with van der Waals surface area (Å²) in [5, 5.41) is 3.79. The first-order chi connectivity index (χ1) is 13.1. The number of nitrogens with zero attached hydrogens (tertiary/aromatic N) is 1. The summed E-state index contributed by atoms with van der Waals surface area (Å²) in [5.41, 5.74) is 8.07. The van der Waals surface area contributed by atoms with E-state index in [4.69, 9.17) is 31.5 Å². The third-order valence-electron chi connectivity index (χ3n) is 4.09. The predicted molar refractivity (Wildman–Crippen MR) is 109 cm³/mol. The number of nitrogens with one attached hydrogen (secondary N) is 1. The van der Waals surface area contributed by atoms with Crippen molar-refractivity contribution >= 4 is 17.6 Å². The largest absolute Gasteiger partial charge is 0.497 e. The lowest BCUT2D eigenvalue weighted by Crippen LogP contribution is -2.33. The molecule has 7 heteroatoms. The SMILES string of the molecule is COc1ccc(CCN=C(N)NCCc2ccc(OC)c(OC)c2)c(Cl)c1. The van der Waals surface area contributed by atoms with Gasteiger partial charge in [-0.1, -0.05) is 23.7 Å². The lowest BCUT2D eigenvalue weighted by atomic mass is 10.1. The smallest absolute Gasteiger partial charge is 0.188 e. The minimum Gasteiger partial charge on any atom is -0.497 e. The molecule has 0 heterocycles. The van der Waals surface area contributed by atoms with Gasteiger partial charge in [-0.15, -0.1) is 0 Å². The summed E-state index contributed by atoms with van der Waals surface area (Å²) in [6, 6.07) is 11.5. The molecular formula is C20H26ClN3O3. The fourth-order valence-corrected chi connectivity index (χ4v) is 2.85. The van der Waals surface area contributed by atoms with Gasteiger partial charge < -0.3 is 25.3 Å². The molecule has 0 aliphatic rings. The fraction of sp³-hybridized carbons (Fsp3) is 0.350. The van der Waals surface area contributed by atoms with Crippen molar-refractivity contribution in [1.82, 2.24) is 5.32 Å². The number of aliphatic imine (C=N–C) groups is 1. The molecule has 0 aliphatic carbocycles. The first kappa shape index (κ1) is 20.7. The molecular weight excluding hydrogens is 366 g/mol. The van der Waals surface area contributed by atoms with E-state index in [1.54, 1.807) is 27.4 Å². The molecule has 0 atom stereocenters. The highest BCUT2D eigenvalue weighted by molar-refractivity contribution is 6.31. The van der Waals surface area contributed by atoms with Gasteiger partial charge in [-0.05, 0) is 48.2 Å². The number of guanidine groups is 1. The van der Waals surface area contributed by atoms with Crippen LogP contribution in [0.4, 0.5) is 0 Å². The number of hydrogen-bond donors (Lipinski definition) is 2. The molecule has 0 radical (unpaired) electrons. The molecule has 0 fully saturated rings. The van der Waals surface area contributed by atoms with Crippen LogP contribution in [0.3, 0.4) is 0 Å². The van der Waals surface area contributed by atoms with Gasteiger partial charge in [0.25, 0.3) is 0 Å². The molecule has 0 saturated carbocycles. The Balaban J connectivity index is 1.79. The van der Waals surface area contributed by atoms with Crippen LogP contribution in [-0.4, -0.2) is 40.4 Å². The van der Waals surface area contributed by atoms with Gasteiger partial charge in [-0.25, -0.2) is 0 Å². The van der Waals surface area contributed by atoms with E-state index in [1.165, 1.54) is 0 Å². The van der Waals surface area contributed by atoms with Crippen molar-refractivity contribution in [1.29, 1.82) is 0 Å². The highest BCUT2D eigenvalue weighted by Gasteiger charge is 2.05. The molecule has 0 unspecified atom stereocenters. The van der Waals surface area contributed by atoms with Gasteiger partial charge in [0.15, 0.2) is 17.5 Å². The van der Waals surface area contributed by atoms with Crippen molar-refractivity contribution in [3.05, 3.63) is 52.5 Å². The lowest BCUT2D eigenvalue weighted by molar-refractivity contribution is 0.354. The number of rotatable bonds is 9. The Hall–Kier alpha value is -2.60. The first-order valence-electron chi connectivity index (χ1n) is 8.64. The second-order valence-electron chi connectivity index (χ2n) is 5.84. The molecule has 3 N–H and O–H groups in total. The van der Waals surface area contributed by atoms with Crippen molar-refractivity contribution in [3.63, 3.8) is 0 Å². The second kappa shape index (κ2) is 10.5. The normalized spacial score (nSPS) is 11.2. The summed E-state index contributed by atoms with van der Waals surface area (Å²) in [4.78, 5) is 4.34. The van der Waals surface area contributed by atoms with Crippen molar-refractivity contribution in [3.8, 4) is 17.2 Å². The molecule has 27 heavy (non-hydrogen) atoms. The van der Waals surface area contributed by atoms with Crippen LogP contribution in [0.5, 0.6) is 17.2 Å². The van der Waals surface area contributed by atoms with E-state index < -0.39 is 0 Å². The zero-order valence-corrected chi connectivity index (χ0v) is 16.7. The maximum atomic E-state index is 6.23. The van der Waals surface area contributed by atoms with Gasteiger partial charge >= 0.3 is 0 Å². The molecule has 2 rings (SSSR count). The summed E-state index contributed by atoms with van der Waals surface area (Å²) in [6.07, 6.45) is 1.50. The summed E-state index contributed by atoms with van der Waals surface area (Å²) >= 11 is 6.23. The summed E-state index contributed by atoms with van der Waals surface area (Å²) in [5.74, 6) is 2.59. The molecule has 0 amide bonds. The second-order valence-corrected chi connectivity index (χ2v) is 6.25. The van der Waals surface area contributed by atoms with E-state index in [-0.39, 0.29) is 0 Å². The highest BCUT2D eigenvalue weighted by Crippen LogP contribution is 2.27. The Morgan fingerprint density at radius 1 is 1.00 bits per heavy atom. The zero-order chi connectivity index (χ0) is 19.6. The third kappa shape index (κ3) is 6.25. The predicted octanol–water partition coefficient (Wildman–Crippen LogP) is 3.06. The molecule has 0 saturated heterocycles. The summed E-state index contributed by atoms with van der Waals surface area (Å²) in [7, 11) is 4.86. The minimum atomic E-state index is 0.417. The van der Waals surface area contributed by atoms with Crippen LogP contribution in [0.2, 0.25) is 5.02 Å². The molecule has 0 aliphatic heterocycles. The molecule has 0 spiro atoms. The maximum Gasteiger partial charge on any atom is 0.188 e. The van der Waals surface area contributed by atoms with Gasteiger partial charge in [0, 0.05) is 18.1 Å². The fourth-order valence-electron chi connectivity index (χ4n) is 2.58. The minimum absolute atomic E-state index is 0.417. The van der Waals surface area contributed by atoms with Gasteiger partial charge in [-0.2, -0.15) is 0 Å². The Morgan fingerprint density at radius 2 is 1.78 bits per heavy atom. The van der Waals surface area contributed by atoms with Gasteiger partial charge in [0.1, 0.15) is 5.75 Å². The van der Waals surface area contributed by atoms with Crippen molar-refractivity contribution in [2.24, 2.45) is 10.7 Å². The van der Waals surface area contributed by atoms with Crippen molar-refractivity contribution in [2.45, 2.75) is 12.8 Å². The van der Waals surface area contributed by atoms with Crippen LogP contribution in [0.25, 0.3) is 0 Å². The molecule has 146 valence electrons. The molecule has 6 nitrogen and oxygen atoms in total. The number of benzene rings is 2. The Bertz CT molecular complexity index is 781. The van der Waals surface area contributed by atoms with Gasteiger partial charge in [0.05, 0.1) is 21.3 Å². The van der Waals surface area contributed by atoms with Crippen LogP contribution in [0, 0.1) is 0 Å². The lowest BCUT2D eigenvalue weighted by Gasteiger charge is -2.10. The Morgan fingerprint density at radius 3 is 2.44 bits per heavy atom. The first-order valence-corrected chi connectivity index (χ1v) is 9.02. The summed E-state index contributed by atoms with van der Waals surface area (Å²) < 4.78 is 15.7. The number of ether oxygens (including phenoxy) is 3. The van der Waals surface area contributed by atoms with Gasteiger partial charge in [-0.3, -0.25) is 4.99 Å². The number of hydrogen-bond acceptors (Lipinski definition) is 4. The van der Waals surface area contributed by atoms with E-state index in [2.05, 4.69) is 10.3 Å². The van der Waals surface area contributed by atoms with Gasteiger partial charge in [0.2, 0.25) is 0 Å². The third-order valence-corrected chi connectivity index (χ3v) is 4.44. The molecule has 0 bridgehead atoms. The molecule has 2 aromatic carbocycles. The standard InChI is InChI=1S/C20H26ClN3O3/c1-25-16-6-5-15(17(21)13-16)9-11-24-20(22)23-10-8-14-4-7-18(26-2)19(12-14)27-3/h4-7,12-13H,8-11H2,1-3H3,(H3,22,23,24). The van der Waals surface area contributed by atoms with Crippen molar-refractivity contribution in [2.75, 3.05) is 34.4 Å². The van der Waals surface area contributed by atoms with E-state index in [0.717, 1.165) is 23.3 Å². The summed E-state index contributed by atoms with van der Waals surface area (Å²) in [6.45, 7) is 1.23. The molecule has 2 aromatic rings. The van der Waals surface area contributed by atoms with Crippen LogP contribution in [0.1, 0.15) is 11.1 Å². The Labute approximate surface area is 165 Å². The van der Waals surface area contributed by atoms with Crippen LogP contribution in [-0.2, 0) is 12.8 Å². The maximum absolute atomic E-state index is 6.23. The van der Waals surface area contributed by atoms with Crippen LogP contribution in [0.15, 0.2) is 41.4 Å². The highest BCUT2D eigenvalue weighted by atomic mass is 35.5. The average Bonchev–Trinajstić information content (AvgIpc) is 2.69. The number of nitrogens with two attached hydrogens (primary N) is 1. The van der Waals surface area contributed by atoms with E-state index in [1.807, 2.05) is 30.3 Å². The van der Waals surface area contributed by atoms with Crippen molar-refractivity contribution < 1.29 is 14.2 Å². The van der Waals surface area contributed by atoms with E-state index >= 15 is 0 Å². The topological polar surface area (TPSA) is 78.1 Å². The van der Waals surface area contributed by atoms with E-state index in [0.29, 0.717) is 42.0 Å². The number of methoxy groups -OCH3 is 3. The molecule has 0 aromatic heterocycles. The average molecular weight is 392 g/mol. The monoisotopic (exact) mass is 391 g/mol. The van der Waals surface area contributed by atoms with Crippen LogP contribution >= 0.6 is 11.6 Å².